The van der Waals surface area contributed by atoms with E-state index in [0.717, 1.165) is 5.92 Å². The normalized spacial score (nSPS) is 23.0. The molecule has 2 rings (SSSR count). The van der Waals surface area contributed by atoms with E-state index in [-0.39, 0.29) is 5.78 Å². The van der Waals surface area contributed by atoms with E-state index in [1.54, 1.807) is 12.1 Å². The van der Waals surface area contributed by atoms with Gasteiger partial charge in [0.1, 0.15) is 0 Å². The van der Waals surface area contributed by atoms with Crippen LogP contribution >= 0.6 is 11.6 Å². The number of likely N-dealkylation sites (N-methyl/N-ethyl adjacent to an activating group) is 1. The lowest BCUT2D eigenvalue weighted by Crippen LogP contribution is -2.38. The van der Waals surface area contributed by atoms with Gasteiger partial charge in [0.15, 0.2) is 5.78 Å². The highest BCUT2D eigenvalue weighted by atomic mass is 35.5. The molecule has 1 aromatic rings. The first-order chi connectivity index (χ1) is 9.60. The fourth-order valence-corrected chi connectivity index (χ4v) is 3.29. The Morgan fingerprint density at radius 2 is 2.00 bits per heavy atom. The van der Waals surface area contributed by atoms with Crippen molar-refractivity contribution in [3.8, 4) is 0 Å². The minimum atomic E-state index is 0.160. The van der Waals surface area contributed by atoms with E-state index in [9.17, 15) is 4.79 Å². The second-order valence-electron chi connectivity index (χ2n) is 5.93. The summed E-state index contributed by atoms with van der Waals surface area (Å²) in [5.41, 5.74) is 0.714. The molecule has 0 radical (unpaired) electrons. The zero-order valence-electron chi connectivity index (χ0n) is 12.4. The Morgan fingerprint density at radius 3 is 2.60 bits per heavy atom. The van der Waals surface area contributed by atoms with Crippen LogP contribution in [0.15, 0.2) is 24.3 Å². The number of carbonyl (C=O) groups excluding carboxylic acids is 1. The highest BCUT2D eigenvalue weighted by Gasteiger charge is 2.24. The van der Waals surface area contributed by atoms with E-state index in [1.165, 1.54) is 32.1 Å². The molecule has 0 atom stereocenters. The Kier molecular flexibility index (Phi) is 5.62. The minimum absolute atomic E-state index is 0.160. The van der Waals surface area contributed by atoms with Crippen molar-refractivity contribution < 1.29 is 4.79 Å². The summed E-state index contributed by atoms with van der Waals surface area (Å²) in [7, 11) is 2.07. The third kappa shape index (κ3) is 4.07. The van der Waals surface area contributed by atoms with Gasteiger partial charge in [-0.15, -0.1) is 0 Å². The number of carbonyl (C=O) groups is 1. The van der Waals surface area contributed by atoms with Gasteiger partial charge in [0.2, 0.25) is 0 Å². The predicted octanol–water partition coefficient (Wildman–Crippen LogP) is 4.42. The molecule has 0 heterocycles. The van der Waals surface area contributed by atoms with Crippen molar-refractivity contribution >= 4 is 17.4 Å². The lowest BCUT2D eigenvalue weighted by atomic mass is 9.84. The zero-order chi connectivity index (χ0) is 14.5. The summed E-state index contributed by atoms with van der Waals surface area (Å²) in [5.74, 6) is 1.05. The van der Waals surface area contributed by atoms with Crippen LogP contribution in [0.25, 0.3) is 0 Å². The fraction of sp³-hybridized carbons (Fsp3) is 0.588. The smallest absolute Gasteiger partial charge is 0.176 e. The van der Waals surface area contributed by atoms with Crippen molar-refractivity contribution in [2.24, 2.45) is 5.92 Å². The average molecular weight is 294 g/mol. The van der Waals surface area contributed by atoms with E-state index < -0.39 is 0 Å². The van der Waals surface area contributed by atoms with Crippen LogP contribution in [0.5, 0.6) is 0 Å². The number of hydrogen-bond donors (Lipinski definition) is 0. The largest absolute Gasteiger partial charge is 0.296 e. The van der Waals surface area contributed by atoms with Crippen LogP contribution < -0.4 is 0 Å². The van der Waals surface area contributed by atoms with E-state index in [0.29, 0.717) is 23.2 Å². The van der Waals surface area contributed by atoms with Gasteiger partial charge >= 0.3 is 0 Å². The van der Waals surface area contributed by atoms with Crippen LogP contribution in [-0.2, 0) is 0 Å². The van der Waals surface area contributed by atoms with Crippen molar-refractivity contribution in [1.29, 1.82) is 0 Å². The van der Waals surface area contributed by atoms with Crippen molar-refractivity contribution in [1.82, 2.24) is 4.90 Å². The molecule has 0 aliphatic heterocycles. The van der Waals surface area contributed by atoms with Crippen LogP contribution in [0.2, 0.25) is 5.02 Å². The number of benzene rings is 1. The minimum Gasteiger partial charge on any atom is -0.296 e. The summed E-state index contributed by atoms with van der Waals surface area (Å²) >= 11 is 5.94. The number of rotatable bonds is 5. The molecular formula is C17H24ClNO. The second kappa shape index (κ2) is 7.24. The molecule has 3 heteroatoms. The van der Waals surface area contributed by atoms with Crippen molar-refractivity contribution in [2.75, 3.05) is 13.6 Å². The van der Waals surface area contributed by atoms with Gasteiger partial charge in [0, 0.05) is 16.6 Å². The maximum absolute atomic E-state index is 12.3. The molecule has 1 saturated carbocycles. The fourth-order valence-electron chi connectivity index (χ4n) is 3.10. The second-order valence-corrected chi connectivity index (χ2v) is 6.37. The molecule has 1 aromatic carbocycles. The van der Waals surface area contributed by atoms with Gasteiger partial charge in [-0.1, -0.05) is 37.1 Å². The predicted molar refractivity (Wildman–Crippen MR) is 84.4 cm³/mol. The van der Waals surface area contributed by atoms with E-state index >= 15 is 0 Å². The lowest BCUT2D eigenvalue weighted by molar-refractivity contribution is 0.0885. The molecule has 0 unspecified atom stereocenters. The van der Waals surface area contributed by atoms with E-state index in [4.69, 9.17) is 11.6 Å². The molecule has 1 aliphatic carbocycles. The number of nitrogens with zero attached hydrogens (tertiary/aromatic N) is 1. The monoisotopic (exact) mass is 293 g/mol. The summed E-state index contributed by atoms with van der Waals surface area (Å²) < 4.78 is 0. The van der Waals surface area contributed by atoms with Crippen LogP contribution in [0, 0.1) is 5.92 Å². The van der Waals surface area contributed by atoms with Crippen molar-refractivity contribution in [3.05, 3.63) is 34.9 Å². The Balaban J connectivity index is 1.88. The molecule has 0 spiro atoms. The molecule has 0 bridgehead atoms. The van der Waals surface area contributed by atoms with Crippen LogP contribution in [0.3, 0.4) is 0 Å². The maximum atomic E-state index is 12.3. The van der Waals surface area contributed by atoms with Crippen molar-refractivity contribution in [2.45, 2.75) is 45.1 Å². The molecule has 0 saturated heterocycles. The van der Waals surface area contributed by atoms with Gasteiger partial charge in [0.25, 0.3) is 0 Å². The third-order valence-corrected chi connectivity index (χ3v) is 4.79. The quantitative estimate of drug-likeness (QED) is 0.749. The Labute approximate surface area is 127 Å². The summed E-state index contributed by atoms with van der Waals surface area (Å²) in [5, 5.41) is 0.627. The van der Waals surface area contributed by atoms with Gasteiger partial charge in [-0.25, -0.2) is 0 Å². The summed E-state index contributed by atoms with van der Waals surface area (Å²) in [6, 6.07) is 7.79. The summed E-state index contributed by atoms with van der Waals surface area (Å²) in [6.45, 7) is 2.76. The van der Waals surface area contributed by atoms with Gasteiger partial charge in [-0.05, 0) is 50.8 Å². The number of hydrogen-bond acceptors (Lipinski definition) is 2. The SMILES string of the molecule is CCC1CCC(N(C)CC(=O)c2cccc(Cl)c2)CC1. The first kappa shape index (κ1) is 15.5. The molecular weight excluding hydrogens is 270 g/mol. The summed E-state index contributed by atoms with van der Waals surface area (Å²) in [4.78, 5) is 14.5. The average Bonchev–Trinajstić information content (AvgIpc) is 2.47. The Hall–Kier alpha value is -0.860. The van der Waals surface area contributed by atoms with Crippen LogP contribution in [-0.4, -0.2) is 30.3 Å². The molecule has 110 valence electrons. The number of Topliss-reactive ketones (excluding diaryl/α,β-unsaturated/α-hetero) is 1. The first-order valence-corrected chi connectivity index (χ1v) is 7.97. The standard InChI is InChI=1S/C17H24ClNO/c1-3-13-7-9-16(10-8-13)19(2)12-17(20)14-5-4-6-15(18)11-14/h4-6,11,13,16H,3,7-10,12H2,1-2H3. The van der Waals surface area contributed by atoms with Gasteiger partial charge < -0.3 is 0 Å². The van der Waals surface area contributed by atoms with Gasteiger partial charge in [-0.2, -0.15) is 0 Å². The summed E-state index contributed by atoms with van der Waals surface area (Å²) in [6.07, 6.45) is 6.33. The molecule has 0 aromatic heterocycles. The van der Waals surface area contributed by atoms with Crippen LogP contribution in [0.4, 0.5) is 0 Å². The van der Waals surface area contributed by atoms with Crippen LogP contribution in [0.1, 0.15) is 49.4 Å². The van der Waals surface area contributed by atoms with Crippen molar-refractivity contribution in [3.63, 3.8) is 0 Å². The highest BCUT2D eigenvalue weighted by molar-refractivity contribution is 6.31. The molecule has 0 N–H and O–H groups in total. The Morgan fingerprint density at radius 1 is 1.30 bits per heavy atom. The van der Waals surface area contributed by atoms with E-state index in [1.807, 2.05) is 12.1 Å². The molecule has 1 aliphatic rings. The highest BCUT2D eigenvalue weighted by Crippen LogP contribution is 2.29. The molecule has 2 nitrogen and oxygen atoms in total. The molecule has 20 heavy (non-hydrogen) atoms. The topological polar surface area (TPSA) is 20.3 Å². The third-order valence-electron chi connectivity index (χ3n) is 4.56. The van der Waals surface area contributed by atoms with Gasteiger partial charge in [-0.3, -0.25) is 9.69 Å². The molecule has 1 fully saturated rings. The number of ketones is 1. The zero-order valence-corrected chi connectivity index (χ0v) is 13.2. The van der Waals surface area contributed by atoms with Gasteiger partial charge in [0.05, 0.1) is 6.54 Å². The lowest BCUT2D eigenvalue weighted by Gasteiger charge is -2.34. The molecule has 0 amide bonds. The van der Waals surface area contributed by atoms with E-state index in [2.05, 4.69) is 18.9 Å². The number of halogens is 1. The maximum Gasteiger partial charge on any atom is 0.176 e. The first-order valence-electron chi connectivity index (χ1n) is 7.59. The Bertz CT molecular complexity index is 452.